The average molecular weight is 827 g/mol. The van der Waals surface area contributed by atoms with E-state index in [0.717, 1.165) is 0 Å². The van der Waals surface area contributed by atoms with Gasteiger partial charge < -0.3 is 43.4 Å². The lowest BCUT2D eigenvalue weighted by atomic mass is 10.1. The van der Waals surface area contributed by atoms with Gasteiger partial charge in [0.1, 0.15) is 6.10 Å². The van der Waals surface area contributed by atoms with Crippen LogP contribution in [-0.2, 0) is 71.5 Å². The Hall–Kier alpha value is -5.32. The molecule has 0 amide bonds. The highest BCUT2D eigenvalue weighted by Crippen LogP contribution is 2.20. The standard InChI is InChI=1S/C23H34O9.2C9H14O4/c1-16(2)22(26)29-12-7-5-9-19(24)31-18-11-14-28-21(15-18)32-20(25)10-6-8-13-30-23(27)17(3)4;2*1-7(2)9(12)13-6-4-3-5-8(10)11/h18,21H,1,3,5-15H2,2,4H3;2*1,3-6H2,2H3,(H,10,11). The molecule has 1 aliphatic heterocycles. The van der Waals surface area contributed by atoms with Crippen molar-refractivity contribution in [2.24, 2.45) is 0 Å². The lowest BCUT2D eigenvalue weighted by Crippen LogP contribution is -2.35. The van der Waals surface area contributed by atoms with Crippen molar-refractivity contribution in [3.05, 3.63) is 48.6 Å². The molecule has 2 N–H and O–H groups in total. The summed E-state index contributed by atoms with van der Waals surface area (Å²) in [6.45, 7) is 21.4. The molecule has 0 aliphatic carbocycles. The van der Waals surface area contributed by atoms with Crippen molar-refractivity contribution >= 4 is 47.8 Å². The highest BCUT2D eigenvalue weighted by molar-refractivity contribution is 5.88. The van der Waals surface area contributed by atoms with Gasteiger partial charge in [-0.2, -0.15) is 0 Å². The van der Waals surface area contributed by atoms with Crippen LogP contribution in [-0.4, -0.2) is 103 Å². The first-order chi connectivity index (χ1) is 27.3. The van der Waals surface area contributed by atoms with Crippen molar-refractivity contribution in [1.82, 2.24) is 0 Å². The molecule has 328 valence electrons. The third-order valence-corrected chi connectivity index (χ3v) is 7.21. The number of hydrogen-bond donors (Lipinski definition) is 2. The Bertz CT molecular complexity index is 1290. The van der Waals surface area contributed by atoms with Crippen molar-refractivity contribution < 1.29 is 81.7 Å². The fourth-order valence-corrected chi connectivity index (χ4v) is 4.02. The third-order valence-electron chi connectivity index (χ3n) is 7.21. The maximum absolute atomic E-state index is 12.0. The minimum absolute atomic E-state index is 0.116. The van der Waals surface area contributed by atoms with Crippen LogP contribution < -0.4 is 0 Å². The molecule has 0 aromatic carbocycles. The van der Waals surface area contributed by atoms with Crippen LogP contribution in [0, 0.1) is 0 Å². The summed E-state index contributed by atoms with van der Waals surface area (Å²) < 4.78 is 35.6. The zero-order valence-corrected chi connectivity index (χ0v) is 34.4. The summed E-state index contributed by atoms with van der Waals surface area (Å²) in [5, 5.41) is 16.6. The van der Waals surface area contributed by atoms with Gasteiger partial charge in [-0.1, -0.05) is 26.3 Å². The highest BCUT2D eigenvalue weighted by atomic mass is 16.7. The lowest BCUT2D eigenvalue weighted by molar-refractivity contribution is -0.202. The van der Waals surface area contributed by atoms with Crippen LogP contribution in [0.2, 0.25) is 0 Å². The molecular weight excluding hydrogens is 764 g/mol. The summed E-state index contributed by atoms with van der Waals surface area (Å²) in [4.78, 5) is 88.3. The predicted octanol–water partition coefficient (Wildman–Crippen LogP) is 5.88. The van der Waals surface area contributed by atoms with Gasteiger partial charge in [0.05, 0.1) is 33.0 Å². The van der Waals surface area contributed by atoms with E-state index in [1.165, 1.54) is 0 Å². The van der Waals surface area contributed by atoms with E-state index in [-0.39, 0.29) is 70.6 Å². The number of carbonyl (C=O) groups excluding carboxylic acids is 6. The number of carbonyl (C=O) groups is 8. The monoisotopic (exact) mass is 826 g/mol. The van der Waals surface area contributed by atoms with Crippen molar-refractivity contribution in [3.63, 3.8) is 0 Å². The minimum Gasteiger partial charge on any atom is -0.481 e. The van der Waals surface area contributed by atoms with Gasteiger partial charge in [-0.3, -0.25) is 19.2 Å². The average Bonchev–Trinajstić information content (AvgIpc) is 3.14. The Morgan fingerprint density at radius 2 is 0.810 bits per heavy atom. The quantitative estimate of drug-likeness (QED) is 0.0448. The maximum Gasteiger partial charge on any atom is 0.333 e. The Morgan fingerprint density at radius 3 is 1.12 bits per heavy atom. The van der Waals surface area contributed by atoms with E-state index in [1.807, 2.05) is 0 Å². The van der Waals surface area contributed by atoms with Gasteiger partial charge in [0.2, 0.25) is 6.29 Å². The van der Waals surface area contributed by atoms with E-state index in [2.05, 4.69) is 26.3 Å². The van der Waals surface area contributed by atoms with Crippen molar-refractivity contribution in [2.75, 3.05) is 33.0 Å². The molecule has 0 radical (unpaired) electrons. The summed E-state index contributed by atoms with van der Waals surface area (Å²) in [7, 11) is 0. The Balaban J connectivity index is 0. The molecule has 0 aromatic heterocycles. The molecule has 1 rings (SSSR count). The first-order valence-corrected chi connectivity index (χ1v) is 19.0. The molecule has 2 atom stereocenters. The molecule has 58 heavy (non-hydrogen) atoms. The molecule has 1 saturated heterocycles. The molecule has 0 bridgehead atoms. The molecule has 1 aliphatic rings. The second-order valence-corrected chi connectivity index (χ2v) is 13.2. The highest BCUT2D eigenvalue weighted by Gasteiger charge is 2.28. The molecular formula is C41H62O17. The van der Waals surface area contributed by atoms with Crippen LogP contribution in [0.15, 0.2) is 48.6 Å². The number of unbranched alkanes of at least 4 members (excludes halogenated alkanes) is 4. The summed E-state index contributed by atoms with van der Waals surface area (Å²) in [5.74, 6) is -4.16. The molecule has 1 fully saturated rings. The fourth-order valence-electron chi connectivity index (χ4n) is 4.02. The van der Waals surface area contributed by atoms with Gasteiger partial charge in [-0.05, 0) is 79.1 Å². The minimum atomic E-state index is -0.828. The summed E-state index contributed by atoms with van der Waals surface area (Å²) in [5.41, 5.74) is 1.39. The van der Waals surface area contributed by atoms with Crippen LogP contribution in [0.25, 0.3) is 0 Å². The van der Waals surface area contributed by atoms with E-state index in [9.17, 15) is 38.4 Å². The van der Waals surface area contributed by atoms with E-state index in [4.69, 9.17) is 43.4 Å². The zero-order valence-electron chi connectivity index (χ0n) is 34.4. The van der Waals surface area contributed by atoms with Crippen molar-refractivity contribution in [3.8, 4) is 0 Å². The smallest absolute Gasteiger partial charge is 0.333 e. The number of rotatable bonds is 26. The summed E-state index contributed by atoms with van der Waals surface area (Å²) >= 11 is 0. The summed E-state index contributed by atoms with van der Waals surface area (Å²) in [6.07, 6.45) is 4.63. The number of carboxylic acids is 2. The van der Waals surface area contributed by atoms with Crippen LogP contribution in [0.5, 0.6) is 0 Å². The van der Waals surface area contributed by atoms with Gasteiger partial charge >= 0.3 is 47.8 Å². The summed E-state index contributed by atoms with van der Waals surface area (Å²) in [6, 6.07) is 0. The first kappa shape index (κ1) is 54.8. The predicted molar refractivity (Wildman–Crippen MR) is 209 cm³/mol. The molecule has 0 spiro atoms. The Morgan fingerprint density at radius 1 is 0.500 bits per heavy atom. The van der Waals surface area contributed by atoms with Gasteiger partial charge in [-0.25, -0.2) is 19.2 Å². The Labute approximate surface area is 340 Å². The topological polar surface area (TPSA) is 242 Å². The SMILES string of the molecule is C=C(C)C(=O)OCCCCC(=O)O.C=C(C)C(=O)OCCCCC(=O)O.C=C(C)C(=O)OCCCCC(=O)OC1CCOC(OC(=O)CCCCOC(=O)C(=C)C)C1. The van der Waals surface area contributed by atoms with Gasteiger partial charge in [-0.15, -0.1) is 0 Å². The molecule has 17 heteroatoms. The number of hydrogen-bond acceptors (Lipinski definition) is 15. The van der Waals surface area contributed by atoms with Crippen LogP contribution in [0.3, 0.4) is 0 Å². The van der Waals surface area contributed by atoms with Gasteiger partial charge in [0.25, 0.3) is 0 Å². The molecule has 1 heterocycles. The second-order valence-electron chi connectivity index (χ2n) is 13.2. The zero-order chi connectivity index (χ0) is 44.5. The van der Waals surface area contributed by atoms with E-state index < -0.39 is 48.1 Å². The maximum atomic E-state index is 12.0. The number of carboxylic acid groups (broad SMARTS) is 2. The number of aliphatic carboxylic acids is 2. The van der Waals surface area contributed by atoms with Gasteiger partial charge in [0, 0.05) is 60.8 Å². The van der Waals surface area contributed by atoms with Gasteiger partial charge in [0.15, 0.2) is 0 Å². The largest absolute Gasteiger partial charge is 0.481 e. The molecule has 2 unspecified atom stereocenters. The van der Waals surface area contributed by atoms with E-state index >= 15 is 0 Å². The van der Waals surface area contributed by atoms with Crippen LogP contribution >= 0.6 is 0 Å². The Kier molecular flexibility index (Phi) is 31.9. The third kappa shape index (κ3) is 34.0. The number of esters is 6. The van der Waals surface area contributed by atoms with E-state index in [0.29, 0.717) is 86.7 Å². The van der Waals surface area contributed by atoms with Crippen molar-refractivity contribution in [2.45, 2.75) is 130 Å². The first-order valence-electron chi connectivity index (χ1n) is 19.0. The normalized spacial score (nSPS) is 13.9. The lowest BCUT2D eigenvalue weighted by Gasteiger charge is -2.28. The number of ether oxygens (including phenoxy) is 7. The van der Waals surface area contributed by atoms with E-state index in [1.54, 1.807) is 27.7 Å². The molecule has 0 saturated carbocycles. The molecule has 0 aromatic rings. The fraction of sp³-hybridized carbons (Fsp3) is 0.610. The molecule has 17 nitrogen and oxygen atoms in total. The van der Waals surface area contributed by atoms with Crippen LogP contribution in [0.1, 0.15) is 118 Å². The second kappa shape index (κ2) is 33.8. The van der Waals surface area contributed by atoms with Crippen LogP contribution in [0.4, 0.5) is 0 Å². The van der Waals surface area contributed by atoms with Crippen molar-refractivity contribution in [1.29, 1.82) is 0 Å².